The van der Waals surface area contributed by atoms with Crippen molar-refractivity contribution in [3.05, 3.63) is 46.5 Å². The second kappa shape index (κ2) is 9.88. The van der Waals surface area contributed by atoms with Crippen molar-refractivity contribution >= 4 is 28.3 Å². The summed E-state index contributed by atoms with van der Waals surface area (Å²) in [5.41, 5.74) is 0.348. The predicted octanol–water partition coefficient (Wildman–Crippen LogP) is 4.25. The zero-order chi connectivity index (χ0) is 26.3. The maximum absolute atomic E-state index is 13.2. The number of aromatic nitrogens is 1. The molecule has 2 aliphatic rings. The van der Waals surface area contributed by atoms with Crippen LogP contribution in [0.5, 0.6) is 0 Å². The first kappa shape index (κ1) is 26.8. The molecule has 4 rings (SSSR count). The average molecular weight is 514 g/mol. The van der Waals surface area contributed by atoms with E-state index < -0.39 is 16.9 Å². The van der Waals surface area contributed by atoms with E-state index in [0.29, 0.717) is 24.5 Å². The maximum Gasteiger partial charge on any atom is 0.231 e. The van der Waals surface area contributed by atoms with Gasteiger partial charge in [0.15, 0.2) is 5.13 Å². The van der Waals surface area contributed by atoms with Crippen LogP contribution in [0.25, 0.3) is 0 Å². The number of aliphatic hydroxyl groups excluding tert-OH is 2. The Morgan fingerprint density at radius 1 is 1.19 bits per heavy atom. The molecule has 2 aliphatic carbocycles. The van der Waals surface area contributed by atoms with Gasteiger partial charge < -0.3 is 20.8 Å². The lowest BCUT2D eigenvalue weighted by atomic mass is 9.47. The minimum atomic E-state index is -0.678. The second-order valence-electron chi connectivity index (χ2n) is 12.0. The number of aliphatic hydroxyl groups is 2. The Hall–Kier alpha value is -2.29. The quantitative estimate of drug-likeness (QED) is 0.461. The van der Waals surface area contributed by atoms with Crippen LogP contribution < -0.4 is 10.6 Å². The van der Waals surface area contributed by atoms with Gasteiger partial charge in [0.1, 0.15) is 0 Å². The molecule has 5 unspecified atom stereocenters. The summed E-state index contributed by atoms with van der Waals surface area (Å²) in [6.45, 7) is 10.1. The van der Waals surface area contributed by atoms with E-state index in [9.17, 15) is 19.8 Å². The number of thiazole rings is 1. The summed E-state index contributed by atoms with van der Waals surface area (Å²) in [5, 5.41) is 27.9. The number of amides is 2. The van der Waals surface area contributed by atoms with Gasteiger partial charge in [-0.3, -0.25) is 9.59 Å². The third-order valence-corrected chi connectivity index (χ3v) is 9.53. The molecule has 7 nitrogen and oxygen atoms in total. The fourth-order valence-electron chi connectivity index (χ4n) is 6.04. The van der Waals surface area contributed by atoms with E-state index in [1.165, 1.54) is 11.3 Å². The Morgan fingerprint density at radius 3 is 2.53 bits per heavy atom. The fourth-order valence-corrected chi connectivity index (χ4v) is 7.10. The number of anilines is 1. The van der Waals surface area contributed by atoms with Gasteiger partial charge in [0.25, 0.3) is 0 Å². The summed E-state index contributed by atoms with van der Waals surface area (Å²) in [7, 11) is 0. The van der Waals surface area contributed by atoms with Crippen LogP contribution in [0.15, 0.2) is 30.3 Å². The van der Waals surface area contributed by atoms with Gasteiger partial charge in [0, 0.05) is 34.6 Å². The molecule has 4 N–H and O–H groups in total. The highest BCUT2D eigenvalue weighted by atomic mass is 32.1. The van der Waals surface area contributed by atoms with Gasteiger partial charge in [-0.05, 0) is 36.2 Å². The number of nitrogens with one attached hydrogen (secondary N) is 2. The largest absolute Gasteiger partial charge is 0.396 e. The molecule has 196 valence electrons. The Bertz CT molecular complexity index is 1110. The molecule has 1 aromatic carbocycles. The summed E-state index contributed by atoms with van der Waals surface area (Å²) >= 11 is 1.45. The lowest BCUT2D eigenvalue weighted by Crippen LogP contribution is -2.57. The van der Waals surface area contributed by atoms with E-state index in [2.05, 4.69) is 17.6 Å². The number of benzene rings is 1. The Labute approximate surface area is 217 Å². The highest BCUT2D eigenvalue weighted by molar-refractivity contribution is 7.15. The summed E-state index contributed by atoms with van der Waals surface area (Å²) < 4.78 is 0. The molecule has 8 heteroatoms. The molecule has 0 radical (unpaired) electrons. The van der Waals surface area contributed by atoms with Crippen LogP contribution in [0, 0.1) is 22.2 Å². The standard InChI is InChI=1S/C28H39N3O4S/c1-26(2,3)24(35)31-25-30-23-18(13-22(34)29-15-17-9-7-6-8-10-17)27(4)12-11-21(33)28(5,16-32)20(27)14-19(23)36-25/h6-10,18,20-21,32-33H,11-16H2,1-5H3,(H,29,34)(H,30,31,35). The number of fused-ring (bicyclic) bond motifs is 2. The molecule has 5 atom stereocenters. The highest BCUT2D eigenvalue weighted by Gasteiger charge is 2.59. The molecule has 1 fully saturated rings. The van der Waals surface area contributed by atoms with E-state index in [-0.39, 0.29) is 42.1 Å². The van der Waals surface area contributed by atoms with Gasteiger partial charge in [-0.25, -0.2) is 4.98 Å². The van der Waals surface area contributed by atoms with Gasteiger partial charge in [-0.2, -0.15) is 0 Å². The van der Waals surface area contributed by atoms with Crippen LogP contribution in [0.4, 0.5) is 5.13 Å². The van der Waals surface area contributed by atoms with E-state index in [4.69, 9.17) is 4.98 Å². The van der Waals surface area contributed by atoms with Crippen LogP contribution in [0.1, 0.15) is 75.9 Å². The third kappa shape index (κ3) is 4.95. The van der Waals surface area contributed by atoms with Crippen molar-refractivity contribution in [2.24, 2.45) is 22.2 Å². The smallest absolute Gasteiger partial charge is 0.231 e. The van der Waals surface area contributed by atoms with Gasteiger partial charge in [0.05, 0.1) is 18.4 Å². The fraction of sp³-hybridized carbons (Fsp3) is 0.607. The van der Waals surface area contributed by atoms with Crippen molar-refractivity contribution in [2.45, 2.75) is 78.9 Å². The summed E-state index contributed by atoms with van der Waals surface area (Å²) in [6.07, 6.45) is 1.62. The zero-order valence-corrected chi connectivity index (χ0v) is 22.7. The zero-order valence-electron chi connectivity index (χ0n) is 21.9. The van der Waals surface area contributed by atoms with E-state index in [0.717, 1.165) is 22.6 Å². The molecule has 1 saturated carbocycles. The van der Waals surface area contributed by atoms with Crippen molar-refractivity contribution in [3.63, 3.8) is 0 Å². The summed E-state index contributed by atoms with van der Waals surface area (Å²) in [5.74, 6) is -0.367. The van der Waals surface area contributed by atoms with Gasteiger partial charge in [-0.1, -0.05) is 65.0 Å². The molecule has 2 aromatic rings. The lowest BCUT2D eigenvalue weighted by Gasteiger charge is -2.58. The SMILES string of the molecule is CC(C)(C)C(=O)Nc1nc2c(s1)CC1C(C)(CO)C(O)CCC1(C)C2CC(=O)NCc1ccccc1. The lowest BCUT2D eigenvalue weighted by molar-refractivity contribution is -0.144. The van der Waals surface area contributed by atoms with Crippen LogP contribution in [0.2, 0.25) is 0 Å². The van der Waals surface area contributed by atoms with Crippen molar-refractivity contribution in [3.8, 4) is 0 Å². The number of hydrogen-bond donors (Lipinski definition) is 4. The molecular weight excluding hydrogens is 474 g/mol. The van der Waals surface area contributed by atoms with Gasteiger partial charge in [0.2, 0.25) is 11.8 Å². The minimum absolute atomic E-state index is 0.0233. The molecule has 0 bridgehead atoms. The molecule has 0 aliphatic heterocycles. The van der Waals surface area contributed by atoms with Crippen molar-refractivity contribution < 1.29 is 19.8 Å². The van der Waals surface area contributed by atoms with Crippen LogP contribution in [0.3, 0.4) is 0 Å². The van der Waals surface area contributed by atoms with Crippen molar-refractivity contribution in [2.75, 3.05) is 11.9 Å². The number of rotatable bonds is 6. The first-order valence-electron chi connectivity index (χ1n) is 12.8. The topological polar surface area (TPSA) is 112 Å². The predicted molar refractivity (Wildman–Crippen MR) is 142 cm³/mol. The number of hydrogen-bond acceptors (Lipinski definition) is 6. The molecular formula is C28H39N3O4S. The second-order valence-corrected chi connectivity index (χ2v) is 13.1. The van der Waals surface area contributed by atoms with E-state index in [1.807, 2.05) is 58.0 Å². The van der Waals surface area contributed by atoms with Crippen molar-refractivity contribution in [1.29, 1.82) is 0 Å². The Kier molecular flexibility index (Phi) is 7.34. The monoisotopic (exact) mass is 513 g/mol. The maximum atomic E-state index is 13.2. The molecule has 0 saturated heterocycles. The highest BCUT2D eigenvalue weighted by Crippen LogP contribution is 2.62. The molecule has 36 heavy (non-hydrogen) atoms. The van der Waals surface area contributed by atoms with Gasteiger partial charge in [-0.15, -0.1) is 11.3 Å². The summed E-state index contributed by atoms with van der Waals surface area (Å²) in [4.78, 5) is 31.8. The molecule has 1 aromatic heterocycles. The third-order valence-electron chi connectivity index (χ3n) is 8.52. The minimum Gasteiger partial charge on any atom is -0.396 e. The van der Waals surface area contributed by atoms with Crippen LogP contribution >= 0.6 is 11.3 Å². The Morgan fingerprint density at radius 2 is 1.89 bits per heavy atom. The summed E-state index contributed by atoms with van der Waals surface area (Å²) in [6, 6.07) is 9.81. The Balaban J connectivity index is 1.66. The van der Waals surface area contributed by atoms with Gasteiger partial charge >= 0.3 is 0 Å². The normalized spacial score (nSPS) is 29.7. The van der Waals surface area contributed by atoms with Crippen molar-refractivity contribution in [1.82, 2.24) is 10.3 Å². The number of carbonyl (C=O) groups is 2. The van der Waals surface area contributed by atoms with E-state index >= 15 is 0 Å². The van der Waals surface area contributed by atoms with E-state index in [1.54, 1.807) is 0 Å². The molecule has 2 amide bonds. The molecule has 1 heterocycles. The first-order valence-corrected chi connectivity index (χ1v) is 13.6. The first-order chi connectivity index (χ1) is 16.9. The number of nitrogens with zero attached hydrogens (tertiary/aromatic N) is 1. The van der Waals surface area contributed by atoms with Crippen LogP contribution in [-0.4, -0.2) is 39.7 Å². The average Bonchev–Trinajstić information content (AvgIpc) is 3.24. The number of carbonyl (C=O) groups excluding carboxylic acids is 2. The molecule has 0 spiro atoms. The van der Waals surface area contributed by atoms with Crippen LogP contribution in [-0.2, 0) is 22.6 Å².